The molecule has 2 heterocycles. The van der Waals surface area contributed by atoms with E-state index in [1.165, 1.54) is 37.1 Å². The maximum Gasteiger partial charge on any atom is 0.227 e. The highest BCUT2D eigenvalue weighted by atomic mass is 16.2. The van der Waals surface area contributed by atoms with Crippen LogP contribution in [0.25, 0.3) is 0 Å². The molecule has 162 valence electrons. The SMILES string of the molecule is C[C@@H]1CCCN1CCc1ccc([C@@H]2C=C[C@@H]3CN(C(=O)Cc4ccccc4)C[C@@H]32)cc1. The van der Waals surface area contributed by atoms with Crippen LogP contribution in [0.2, 0.25) is 0 Å². The van der Waals surface area contributed by atoms with Gasteiger partial charge in [0.25, 0.3) is 0 Å². The molecule has 0 saturated carbocycles. The minimum Gasteiger partial charge on any atom is -0.341 e. The van der Waals surface area contributed by atoms with E-state index in [2.05, 4.69) is 53.1 Å². The fourth-order valence-corrected chi connectivity index (χ4v) is 5.79. The number of fused-ring (bicyclic) bond motifs is 1. The van der Waals surface area contributed by atoms with Crippen LogP contribution in [-0.2, 0) is 17.6 Å². The third-order valence-electron chi connectivity index (χ3n) is 7.73. The molecule has 4 atom stereocenters. The van der Waals surface area contributed by atoms with Gasteiger partial charge in [-0.2, -0.15) is 0 Å². The molecule has 2 aromatic carbocycles. The van der Waals surface area contributed by atoms with E-state index < -0.39 is 0 Å². The molecule has 0 unspecified atom stereocenters. The summed E-state index contributed by atoms with van der Waals surface area (Å²) in [6, 6.07) is 20.2. The lowest BCUT2D eigenvalue weighted by molar-refractivity contribution is -0.129. The van der Waals surface area contributed by atoms with Gasteiger partial charge in [-0.15, -0.1) is 0 Å². The molecule has 2 saturated heterocycles. The van der Waals surface area contributed by atoms with Gasteiger partial charge in [0.1, 0.15) is 0 Å². The van der Waals surface area contributed by atoms with Crippen molar-refractivity contribution in [2.45, 2.75) is 44.6 Å². The second kappa shape index (κ2) is 9.00. The number of carbonyl (C=O) groups is 1. The summed E-state index contributed by atoms with van der Waals surface area (Å²) in [5.41, 5.74) is 3.95. The van der Waals surface area contributed by atoms with E-state index in [0.29, 0.717) is 24.2 Å². The molecule has 3 nitrogen and oxygen atoms in total. The Morgan fingerprint density at radius 1 is 0.968 bits per heavy atom. The van der Waals surface area contributed by atoms with Crippen molar-refractivity contribution in [2.24, 2.45) is 11.8 Å². The predicted octanol–water partition coefficient (Wildman–Crippen LogP) is 4.68. The van der Waals surface area contributed by atoms with Crippen LogP contribution in [0.3, 0.4) is 0 Å². The van der Waals surface area contributed by atoms with Crippen molar-refractivity contribution in [1.82, 2.24) is 9.80 Å². The summed E-state index contributed by atoms with van der Waals surface area (Å²) in [6.07, 6.45) is 9.09. The second-order valence-electron chi connectivity index (χ2n) is 9.72. The summed E-state index contributed by atoms with van der Waals surface area (Å²) in [4.78, 5) is 17.5. The molecule has 3 aliphatic rings. The molecule has 1 amide bonds. The Labute approximate surface area is 186 Å². The smallest absolute Gasteiger partial charge is 0.227 e. The Morgan fingerprint density at radius 2 is 1.77 bits per heavy atom. The molecule has 3 heteroatoms. The van der Waals surface area contributed by atoms with Crippen LogP contribution in [-0.4, -0.2) is 47.9 Å². The lowest BCUT2D eigenvalue weighted by Gasteiger charge is -2.22. The first-order valence-corrected chi connectivity index (χ1v) is 12.0. The summed E-state index contributed by atoms with van der Waals surface area (Å²) in [7, 11) is 0. The average Bonchev–Trinajstić information content (AvgIpc) is 3.49. The van der Waals surface area contributed by atoms with E-state index in [-0.39, 0.29) is 5.91 Å². The van der Waals surface area contributed by atoms with Crippen LogP contribution in [0.4, 0.5) is 0 Å². The number of benzene rings is 2. The van der Waals surface area contributed by atoms with Gasteiger partial charge in [0, 0.05) is 31.6 Å². The van der Waals surface area contributed by atoms with E-state index in [0.717, 1.165) is 31.1 Å². The Kier molecular flexibility index (Phi) is 5.95. The minimum absolute atomic E-state index is 0.263. The van der Waals surface area contributed by atoms with Crippen molar-refractivity contribution in [3.8, 4) is 0 Å². The van der Waals surface area contributed by atoms with Crippen LogP contribution in [0.1, 0.15) is 42.4 Å². The van der Waals surface area contributed by atoms with Gasteiger partial charge < -0.3 is 9.80 Å². The Balaban J connectivity index is 1.18. The van der Waals surface area contributed by atoms with Gasteiger partial charge in [-0.25, -0.2) is 0 Å². The molecule has 5 rings (SSSR count). The third-order valence-corrected chi connectivity index (χ3v) is 7.73. The van der Waals surface area contributed by atoms with E-state index in [1.807, 2.05) is 30.3 Å². The van der Waals surface area contributed by atoms with Crippen LogP contribution in [0.15, 0.2) is 66.7 Å². The molecule has 1 aliphatic carbocycles. The largest absolute Gasteiger partial charge is 0.341 e. The molecule has 0 bridgehead atoms. The number of likely N-dealkylation sites (tertiary alicyclic amines) is 2. The van der Waals surface area contributed by atoms with Gasteiger partial charge >= 0.3 is 0 Å². The summed E-state index contributed by atoms with van der Waals surface area (Å²) < 4.78 is 0. The van der Waals surface area contributed by atoms with Gasteiger partial charge in [0.2, 0.25) is 5.91 Å². The molecule has 0 aromatic heterocycles. The predicted molar refractivity (Wildman–Crippen MR) is 126 cm³/mol. The van der Waals surface area contributed by atoms with Crippen LogP contribution >= 0.6 is 0 Å². The lowest BCUT2D eigenvalue weighted by Crippen LogP contribution is -2.31. The van der Waals surface area contributed by atoms with Crippen molar-refractivity contribution >= 4 is 5.91 Å². The molecule has 2 aliphatic heterocycles. The van der Waals surface area contributed by atoms with E-state index >= 15 is 0 Å². The molecular formula is C28H34N2O. The van der Waals surface area contributed by atoms with E-state index in [1.54, 1.807) is 0 Å². The highest BCUT2D eigenvalue weighted by Gasteiger charge is 2.41. The molecule has 0 N–H and O–H groups in total. The van der Waals surface area contributed by atoms with Crippen molar-refractivity contribution in [3.63, 3.8) is 0 Å². The minimum atomic E-state index is 0.263. The van der Waals surface area contributed by atoms with Crippen molar-refractivity contribution in [1.29, 1.82) is 0 Å². The second-order valence-corrected chi connectivity index (χ2v) is 9.72. The molecule has 31 heavy (non-hydrogen) atoms. The number of carbonyl (C=O) groups excluding carboxylic acids is 1. The average molecular weight is 415 g/mol. The fraction of sp³-hybridized carbons (Fsp3) is 0.464. The molecule has 0 spiro atoms. The normalized spacial score (nSPS) is 27.7. The zero-order valence-corrected chi connectivity index (χ0v) is 18.6. The van der Waals surface area contributed by atoms with E-state index in [4.69, 9.17) is 0 Å². The Bertz CT molecular complexity index is 920. The van der Waals surface area contributed by atoms with Gasteiger partial charge in [0.15, 0.2) is 0 Å². The lowest BCUT2D eigenvalue weighted by atomic mass is 9.85. The first-order valence-electron chi connectivity index (χ1n) is 12.0. The summed E-state index contributed by atoms with van der Waals surface area (Å²) in [5.74, 6) is 1.73. The third kappa shape index (κ3) is 4.48. The van der Waals surface area contributed by atoms with Gasteiger partial charge in [-0.1, -0.05) is 66.7 Å². The number of allylic oxidation sites excluding steroid dienone is 1. The first-order chi connectivity index (χ1) is 15.2. The first kappa shape index (κ1) is 20.5. The van der Waals surface area contributed by atoms with Gasteiger partial charge in [-0.3, -0.25) is 4.79 Å². The van der Waals surface area contributed by atoms with Crippen LogP contribution < -0.4 is 0 Å². The molecule has 2 fully saturated rings. The monoisotopic (exact) mass is 414 g/mol. The quantitative estimate of drug-likeness (QED) is 0.641. The maximum absolute atomic E-state index is 12.8. The van der Waals surface area contributed by atoms with Crippen molar-refractivity contribution < 1.29 is 4.79 Å². The number of rotatable bonds is 6. The maximum atomic E-state index is 12.8. The topological polar surface area (TPSA) is 23.6 Å². The van der Waals surface area contributed by atoms with Crippen molar-refractivity contribution in [2.75, 3.05) is 26.2 Å². The summed E-state index contributed by atoms with van der Waals surface area (Å²) in [5, 5.41) is 0. The number of hydrogen-bond acceptors (Lipinski definition) is 2. The van der Waals surface area contributed by atoms with Crippen LogP contribution in [0.5, 0.6) is 0 Å². The highest BCUT2D eigenvalue weighted by Crippen LogP contribution is 2.43. The standard InChI is InChI=1S/C28H34N2O/c1-21-6-5-16-29(21)17-15-22-9-11-24(12-10-22)26-14-13-25-19-30(20-27(25)26)28(31)18-23-7-3-2-4-8-23/h2-4,7-14,21,25-27H,5-6,15-20H2,1H3/t21-,25-,26+,27+/m1/s1. The fourth-order valence-electron chi connectivity index (χ4n) is 5.79. The molecular weight excluding hydrogens is 380 g/mol. The van der Waals surface area contributed by atoms with Crippen LogP contribution in [0, 0.1) is 11.8 Å². The van der Waals surface area contributed by atoms with E-state index in [9.17, 15) is 4.79 Å². The zero-order valence-electron chi connectivity index (χ0n) is 18.6. The summed E-state index contributed by atoms with van der Waals surface area (Å²) in [6.45, 7) is 6.54. The van der Waals surface area contributed by atoms with Gasteiger partial charge in [-0.05, 0) is 61.3 Å². The zero-order chi connectivity index (χ0) is 21.2. The number of amides is 1. The molecule has 2 aromatic rings. The summed E-state index contributed by atoms with van der Waals surface area (Å²) >= 11 is 0. The Hall–Kier alpha value is -2.39. The number of nitrogens with zero attached hydrogens (tertiary/aromatic N) is 2. The number of hydrogen-bond donors (Lipinski definition) is 0. The highest BCUT2D eigenvalue weighted by molar-refractivity contribution is 5.79. The van der Waals surface area contributed by atoms with Gasteiger partial charge in [0.05, 0.1) is 6.42 Å². The Morgan fingerprint density at radius 3 is 2.52 bits per heavy atom. The van der Waals surface area contributed by atoms with Crippen molar-refractivity contribution in [3.05, 3.63) is 83.4 Å². The molecule has 0 radical (unpaired) electrons.